The van der Waals surface area contributed by atoms with E-state index in [1.807, 2.05) is 0 Å². The van der Waals surface area contributed by atoms with Gasteiger partial charge in [-0.05, 0) is 42.5 Å². The standard InChI is InChI=1S/C12H12ClNO3S/c13-18(16,17)10-6-8-2-1-5-14-11(15)4-3-9(7-10)12(8)14/h6-7H,1-5H2. The van der Waals surface area contributed by atoms with Crippen molar-refractivity contribution in [1.29, 1.82) is 0 Å². The van der Waals surface area contributed by atoms with Crippen molar-refractivity contribution in [2.75, 3.05) is 11.4 Å². The monoisotopic (exact) mass is 285 g/mol. The number of hydrogen-bond acceptors (Lipinski definition) is 3. The topological polar surface area (TPSA) is 54.5 Å². The zero-order valence-corrected chi connectivity index (χ0v) is 11.2. The number of carbonyl (C=O) groups excluding carboxylic acids is 1. The van der Waals surface area contributed by atoms with Crippen molar-refractivity contribution < 1.29 is 13.2 Å². The highest BCUT2D eigenvalue weighted by atomic mass is 35.7. The maximum atomic E-state index is 11.8. The Hall–Kier alpha value is -1.07. The Morgan fingerprint density at radius 3 is 2.44 bits per heavy atom. The minimum atomic E-state index is -3.71. The molecule has 1 aromatic carbocycles. The van der Waals surface area contributed by atoms with E-state index < -0.39 is 9.05 Å². The highest BCUT2D eigenvalue weighted by Crippen LogP contribution is 2.37. The third kappa shape index (κ3) is 1.82. The van der Waals surface area contributed by atoms with Crippen molar-refractivity contribution in [2.45, 2.75) is 30.6 Å². The van der Waals surface area contributed by atoms with Crippen LogP contribution in [0.2, 0.25) is 0 Å². The second-order valence-corrected chi connectivity index (χ2v) is 7.24. The van der Waals surface area contributed by atoms with E-state index in [4.69, 9.17) is 10.7 Å². The summed E-state index contributed by atoms with van der Waals surface area (Å²) in [7, 11) is 1.70. The second kappa shape index (κ2) is 3.96. The smallest absolute Gasteiger partial charge is 0.261 e. The zero-order valence-electron chi connectivity index (χ0n) is 9.65. The number of benzene rings is 1. The number of halogens is 1. The number of aryl methyl sites for hydroxylation is 2. The first-order chi connectivity index (χ1) is 8.47. The summed E-state index contributed by atoms with van der Waals surface area (Å²) in [5.74, 6) is 0.130. The Morgan fingerprint density at radius 1 is 1.11 bits per heavy atom. The van der Waals surface area contributed by atoms with E-state index in [9.17, 15) is 13.2 Å². The average molecular weight is 286 g/mol. The molecule has 0 aromatic heterocycles. The first-order valence-corrected chi connectivity index (χ1v) is 8.18. The van der Waals surface area contributed by atoms with E-state index in [0.29, 0.717) is 12.8 Å². The van der Waals surface area contributed by atoms with Crippen LogP contribution in [0.25, 0.3) is 0 Å². The summed E-state index contributed by atoms with van der Waals surface area (Å²) >= 11 is 0. The molecule has 1 amide bonds. The van der Waals surface area contributed by atoms with Crippen molar-refractivity contribution in [3.8, 4) is 0 Å². The molecule has 18 heavy (non-hydrogen) atoms. The first-order valence-electron chi connectivity index (χ1n) is 5.87. The largest absolute Gasteiger partial charge is 0.312 e. The molecule has 0 saturated heterocycles. The molecule has 0 fully saturated rings. The molecular formula is C12H12ClNO3S. The van der Waals surface area contributed by atoms with Gasteiger partial charge in [0.2, 0.25) is 5.91 Å². The fourth-order valence-electron chi connectivity index (χ4n) is 2.76. The number of amides is 1. The van der Waals surface area contributed by atoms with E-state index in [0.717, 1.165) is 36.2 Å². The summed E-state index contributed by atoms with van der Waals surface area (Å²) in [6, 6.07) is 3.21. The SMILES string of the molecule is O=C1CCc2cc(S(=O)(=O)Cl)cc3c2N1CCC3. The number of anilines is 1. The molecule has 0 spiro atoms. The normalized spacial score (nSPS) is 18.7. The van der Waals surface area contributed by atoms with Crippen LogP contribution in [0.5, 0.6) is 0 Å². The quantitative estimate of drug-likeness (QED) is 0.740. The lowest BCUT2D eigenvalue weighted by atomic mass is 9.92. The van der Waals surface area contributed by atoms with E-state index >= 15 is 0 Å². The van der Waals surface area contributed by atoms with Gasteiger partial charge in [-0.1, -0.05) is 0 Å². The van der Waals surface area contributed by atoms with Gasteiger partial charge in [0.25, 0.3) is 9.05 Å². The molecule has 0 unspecified atom stereocenters. The molecule has 2 heterocycles. The van der Waals surface area contributed by atoms with Crippen LogP contribution in [0.1, 0.15) is 24.0 Å². The molecule has 0 saturated carbocycles. The van der Waals surface area contributed by atoms with Crippen LogP contribution in [0, 0.1) is 0 Å². The van der Waals surface area contributed by atoms with Gasteiger partial charge in [-0.3, -0.25) is 4.79 Å². The minimum Gasteiger partial charge on any atom is -0.312 e. The average Bonchev–Trinajstić information content (AvgIpc) is 2.32. The van der Waals surface area contributed by atoms with Crippen molar-refractivity contribution >= 4 is 31.3 Å². The Balaban J connectivity index is 2.24. The lowest BCUT2D eigenvalue weighted by Crippen LogP contribution is -2.39. The van der Waals surface area contributed by atoms with Gasteiger partial charge in [0.15, 0.2) is 0 Å². The highest BCUT2D eigenvalue weighted by molar-refractivity contribution is 8.13. The summed E-state index contributed by atoms with van der Waals surface area (Å²) < 4.78 is 22.9. The molecule has 0 radical (unpaired) electrons. The molecule has 0 bridgehead atoms. The van der Waals surface area contributed by atoms with Gasteiger partial charge < -0.3 is 4.90 Å². The van der Waals surface area contributed by atoms with Crippen molar-refractivity contribution in [3.05, 3.63) is 23.3 Å². The summed E-state index contributed by atoms with van der Waals surface area (Å²) in [5.41, 5.74) is 2.76. The van der Waals surface area contributed by atoms with Gasteiger partial charge in [0.05, 0.1) is 10.6 Å². The Labute approximate surface area is 110 Å². The van der Waals surface area contributed by atoms with E-state index in [2.05, 4.69) is 0 Å². The molecule has 6 heteroatoms. The number of rotatable bonds is 1. The summed E-state index contributed by atoms with van der Waals surface area (Å²) in [4.78, 5) is 13.8. The van der Waals surface area contributed by atoms with Crippen molar-refractivity contribution in [1.82, 2.24) is 0 Å². The molecule has 4 nitrogen and oxygen atoms in total. The molecule has 0 N–H and O–H groups in total. The Kier molecular flexibility index (Phi) is 2.64. The zero-order chi connectivity index (χ0) is 12.9. The lowest BCUT2D eigenvalue weighted by Gasteiger charge is -2.35. The third-order valence-corrected chi connectivity index (χ3v) is 4.86. The predicted molar refractivity (Wildman–Crippen MR) is 68.5 cm³/mol. The summed E-state index contributed by atoms with van der Waals surface area (Å²) in [6.07, 6.45) is 2.70. The predicted octanol–water partition coefficient (Wildman–Crippen LogP) is 1.84. The summed E-state index contributed by atoms with van der Waals surface area (Å²) in [6.45, 7) is 0.728. The van der Waals surface area contributed by atoms with Crippen LogP contribution in [0.4, 0.5) is 5.69 Å². The first kappa shape index (κ1) is 12.0. The molecule has 0 atom stereocenters. The van der Waals surface area contributed by atoms with E-state index in [-0.39, 0.29) is 10.8 Å². The molecule has 0 aliphatic carbocycles. The van der Waals surface area contributed by atoms with Crippen LogP contribution < -0.4 is 4.90 Å². The molecule has 1 aromatic rings. The van der Waals surface area contributed by atoms with Crippen LogP contribution in [0.15, 0.2) is 17.0 Å². The summed E-state index contributed by atoms with van der Waals surface area (Å²) in [5, 5.41) is 0. The van der Waals surface area contributed by atoms with Crippen molar-refractivity contribution in [3.63, 3.8) is 0 Å². The Bertz CT molecular complexity index is 622. The number of hydrogen-bond donors (Lipinski definition) is 0. The second-order valence-electron chi connectivity index (χ2n) is 4.68. The highest BCUT2D eigenvalue weighted by Gasteiger charge is 2.30. The van der Waals surface area contributed by atoms with Gasteiger partial charge in [-0.25, -0.2) is 8.42 Å². The van der Waals surface area contributed by atoms with Crippen molar-refractivity contribution in [2.24, 2.45) is 0 Å². The van der Waals surface area contributed by atoms with Gasteiger partial charge in [-0.15, -0.1) is 0 Å². The molecule has 3 rings (SSSR count). The van der Waals surface area contributed by atoms with Crippen LogP contribution in [-0.2, 0) is 26.7 Å². The minimum absolute atomic E-state index is 0.130. The molecule has 96 valence electrons. The van der Waals surface area contributed by atoms with Crippen LogP contribution >= 0.6 is 10.7 Å². The maximum absolute atomic E-state index is 11.8. The van der Waals surface area contributed by atoms with Gasteiger partial charge in [0, 0.05) is 23.6 Å². The van der Waals surface area contributed by atoms with E-state index in [1.165, 1.54) is 0 Å². The molecule has 2 aliphatic rings. The van der Waals surface area contributed by atoms with Crippen LogP contribution in [0.3, 0.4) is 0 Å². The van der Waals surface area contributed by atoms with Gasteiger partial charge in [-0.2, -0.15) is 0 Å². The Morgan fingerprint density at radius 2 is 1.78 bits per heavy atom. The number of nitrogens with zero attached hydrogens (tertiary/aromatic N) is 1. The molecule has 2 aliphatic heterocycles. The third-order valence-electron chi connectivity index (χ3n) is 3.53. The number of carbonyl (C=O) groups is 1. The molecular weight excluding hydrogens is 274 g/mol. The fourth-order valence-corrected chi connectivity index (χ4v) is 3.60. The lowest BCUT2D eigenvalue weighted by molar-refractivity contribution is -0.119. The fraction of sp³-hybridized carbons (Fsp3) is 0.417. The van der Waals surface area contributed by atoms with Gasteiger partial charge >= 0.3 is 0 Å². The maximum Gasteiger partial charge on any atom is 0.261 e. The van der Waals surface area contributed by atoms with Crippen LogP contribution in [-0.4, -0.2) is 20.9 Å². The van der Waals surface area contributed by atoms with Gasteiger partial charge in [0.1, 0.15) is 0 Å². The van der Waals surface area contributed by atoms with E-state index in [1.54, 1.807) is 17.0 Å².